The molecule has 3 aromatic rings. The lowest BCUT2D eigenvalue weighted by atomic mass is 10.1. The fourth-order valence-corrected chi connectivity index (χ4v) is 4.43. The number of carbonyl (C=O) groups is 2. The molecule has 1 fully saturated rings. The summed E-state index contributed by atoms with van der Waals surface area (Å²) in [7, 11) is 3.05. The molecule has 0 saturated heterocycles. The van der Waals surface area contributed by atoms with E-state index in [9.17, 15) is 9.59 Å². The lowest BCUT2D eigenvalue weighted by Gasteiger charge is -2.16. The summed E-state index contributed by atoms with van der Waals surface area (Å²) < 4.78 is 5.71. The van der Waals surface area contributed by atoms with Crippen molar-refractivity contribution in [2.75, 3.05) is 36.4 Å². The minimum absolute atomic E-state index is 0.00344. The van der Waals surface area contributed by atoms with Gasteiger partial charge in [-0.3, -0.25) is 9.59 Å². The molecule has 2 aromatic heterocycles. The van der Waals surface area contributed by atoms with Gasteiger partial charge in [-0.05, 0) is 37.1 Å². The Morgan fingerprint density at radius 1 is 1.17 bits per heavy atom. The molecular formula is C24H26ClN7O3S. The maximum atomic E-state index is 12.4. The number of hydrogen-bond acceptors (Lipinski definition) is 9. The summed E-state index contributed by atoms with van der Waals surface area (Å²) in [5.41, 5.74) is 1.67. The highest BCUT2D eigenvalue weighted by Crippen LogP contribution is 2.37. The predicted octanol–water partition coefficient (Wildman–Crippen LogP) is 4.11. The average Bonchev–Trinajstić information content (AvgIpc) is 3.75. The van der Waals surface area contributed by atoms with Crippen molar-refractivity contribution in [3.63, 3.8) is 0 Å². The first kappa shape index (κ1) is 25.6. The zero-order chi connectivity index (χ0) is 25.5. The molecule has 1 aromatic carbocycles. The number of hydrogen-bond donors (Lipinski definition) is 3. The van der Waals surface area contributed by atoms with Crippen LogP contribution in [0.3, 0.4) is 0 Å². The Hall–Kier alpha value is -3.44. The zero-order valence-electron chi connectivity index (χ0n) is 19.9. The van der Waals surface area contributed by atoms with E-state index in [4.69, 9.17) is 16.3 Å². The van der Waals surface area contributed by atoms with Crippen LogP contribution >= 0.6 is 23.4 Å². The summed E-state index contributed by atoms with van der Waals surface area (Å²) in [5.74, 6) is 2.22. The van der Waals surface area contributed by atoms with Gasteiger partial charge >= 0.3 is 0 Å². The molecule has 10 nitrogen and oxygen atoms in total. The summed E-state index contributed by atoms with van der Waals surface area (Å²) in [5, 5.41) is 16.6. The molecule has 0 bridgehead atoms. The number of aromatic nitrogens is 4. The summed E-state index contributed by atoms with van der Waals surface area (Å²) >= 11 is 7.40. The van der Waals surface area contributed by atoms with Gasteiger partial charge in [-0.25, -0.2) is 9.97 Å². The van der Waals surface area contributed by atoms with E-state index < -0.39 is 5.91 Å². The van der Waals surface area contributed by atoms with Gasteiger partial charge in [0.2, 0.25) is 5.91 Å². The highest BCUT2D eigenvalue weighted by Gasteiger charge is 2.30. The normalized spacial score (nSPS) is 12.6. The van der Waals surface area contributed by atoms with Crippen molar-refractivity contribution in [2.24, 2.45) is 5.92 Å². The smallest absolute Gasteiger partial charge is 0.273 e. The van der Waals surface area contributed by atoms with Gasteiger partial charge in [-0.1, -0.05) is 6.07 Å². The summed E-state index contributed by atoms with van der Waals surface area (Å²) in [6.07, 6.45) is 6.17. The quantitative estimate of drug-likeness (QED) is 0.191. The molecule has 188 valence electrons. The Balaban J connectivity index is 1.63. The highest BCUT2D eigenvalue weighted by molar-refractivity contribution is 7.99. The van der Waals surface area contributed by atoms with Gasteiger partial charge in [-0.15, -0.1) is 33.6 Å². The highest BCUT2D eigenvalue weighted by atomic mass is 35.5. The van der Waals surface area contributed by atoms with Gasteiger partial charge in [0.15, 0.2) is 23.1 Å². The zero-order valence-corrected chi connectivity index (χ0v) is 21.4. The van der Waals surface area contributed by atoms with E-state index in [0.29, 0.717) is 34.4 Å². The molecule has 0 unspecified atom stereocenters. The molecule has 2 heterocycles. The second-order valence-electron chi connectivity index (χ2n) is 7.98. The van der Waals surface area contributed by atoms with Crippen LogP contribution in [0.5, 0.6) is 5.75 Å². The largest absolute Gasteiger partial charge is 0.494 e. The maximum Gasteiger partial charge on any atom is 0.273 e. The Bertz CT molecular complexity index is 1240. The van der Waals surface area contributed by atoms with Gasteiger partial charge in [0.25, 0.3) is 5.91 Å². The van der Waals surface area contributed by atoms with E-state index in [-0.39, 0.29) is 23.3 Å². The van der Waals surface area contributed by atoms with Gasteiger partial charge in [0.1, 0.15) is 0 Å². The number of alkyl halides is 1. The van der Waals surface area contributed by atoms with E-state index in [1.165, 1.54) is 7.05 Å². The standard InChI is InChI=1S/C24H26ClN7O3S/c1-26-24(34)20-18(11-19(31-32-20)30-23(33)14-7-8-14)29-17-6-3-5-16(21(17)35-2)22-27-12-15(13-28-22)36-10-4-9-25/h3,5-6,11-14H,4,7-10H2,1-2H3,(H,26,34)(H2,29,30,31,33). The first-order valence-electron chi connectivity index (χ1n) is 11.4. The van der Waals surface area contributed by atoms with Crippen LogP contribution in [0.2, 0.25) is 0 Å². The molecule has 0 aliphatic heterocycles. The lowest BCUT2D eigenvalue weighted by Crippen LogP contribution is -2.22. The average molecular weight is 528 g/mol. The van der Waals surface area contributed by atoms with Crippen molar-refractivity contribution in [3.8, 4) is 17.1 Å². The third-order valence-electron chi connectivity index (χ3n) is 5.34. The molecule has 36 heavy (non-hydrogen) atoms. The van der Waals surface area contributed by atoms with Crippen molar-refractivity contribution in [3.05, 3.63) is 42.4 Å². The van der Waals surface area contributed by atoms with Crippen LogP contribution in [0.1, 0.15) is 29.8 Å². The Morgan fingerprint density at radius 3 is 2.61 bits per heavy atom. The minimum atomic E-state index is -0.425. The van der Waals surface area contributed by atoms with E-state index in [2.05, 4.69) is 36.1 Å². The molecule has 1 aliphatic rings. The fourth-order valence-electron chi connectivity index (χ4n) is 3.36. The summed E-state index contributed by atoms with van der Waals surface area (Å²) in [6, 6.07) is 7.06. The number of ether oxygens (including phenoxy) is 1. The number of carbonyl (C=O) groups excluding carboxylic acids is 2. The maximum absolute atomic E-state index is 12.4. The Kier molecular flexibility index (Phi) is 8.55. The summed E-state index contributed by atoms with van der Waals surface area (Å²) in [6.45, 7) is 0. The van der Waals surface area contributed by atoms with Gasteiger partial charge in [0, 0.05) is 42.2 Å². The van der Waals surface area contributed by atoms with Gasteiger partial charge < -0.3 is 20.7 Å². The van der Waals surface area contributed by atoms with Gasteiger partial charge in [-0.2, -0.15) is 0 Å². The van der Waals surface area contributed by atoms with E-state index in [1.807, 2.05) is 12.1 Å². The van der Waals surface area contributed by atoms with Gasteiger partial charge in [0.05, 0.1) is 24.0 Å². The lowest BCUT2D eigenvalue weighted by molar-refractivity contribution is -0.117. The molecule has 12 heteroatoms. The molecule has 4 rings (SSSR count). The van der Waals surface area contributed by atoms with Crippen LogP contribution in [0.4, 0.5) is 17.2 Å². The third kappa shape index (κ3) is 6.21. The van der Waals surface area contributed by atoms with Crippen molar-refractivity contribution in [1.82, 2.24) is 25.5 Å². The second kappa shape index (κ2) is 12.0. The number of nitrogens with one attached hydrogen (secondary N) is 3. The molecule has 0 atom stereocenters. The fraction of sp³-hybridized carbons (Fsp3) is 0.333. The number of halogens is 1. The molecule has 0 radical (unpaired) electrons. The van der Waals surface area contributed by atoms with Crippen molar-refractivity contribution in [2.45, 2.75) is 24.2 Å². The predicted molar refractivity (Wildman–Crippen MR) is 140 cm³/mol. The van der Waals surface area contributed by atoms with E-state index in [1.54, 1.807) is 43.4 Å². The second-order valence-corrected chi connectivity index (χ2v) is 9.53. The van der Waals surface area contributed by atoms with E-state index in [0.717, 1.165) is 29.9 Å². The van der Waals surface area contributed by atoms with Crippen molar-refractivity contribution in [1.29, 1.82) is 0 Å². The minimum Gasteiger partial charge on any atom is -0.494 e. The number of nitrogens with zero attached hydrogens (tertiary/aromatic N) is 4. The SMILES string of the molecule is CNC(=O)c1nnc(NC(=O)C2CC2)cc1Nc1cccc(-c2ncc(SCCCCl)cn2)c1OC. The number of thioether (sulfide) groups is 1. The van der Waals surface area contributed by atoms with Crippen molar-refractivity contribution >= 4 is 52.4 Å². The molecular weight excluding hydrogens is 502 g/mol. The number of anilines is 3. The molecule has 2 amide bonds. The summed E-state index contributed by atoms with van der Waals surface area (Å²) in [4.78, 5) is 34.6. The number of para-hydroxylation sites is 1. The van der Waals surface area contributed by atoms with Crippen LogP contribution in [0, 0.1) is 5.92 Å². The molecule has 0 spiro atoms. The molecule has 1 saturated carbocycles. The van der Waals surface area contributed by atoms with E-state index >= 15 is 0 Å². The van der Waals surface area contributed by atoms with Crippen molar-refractivity contribution < 1.29 is 14.3 Å². The first-order valence-corrected chi connectivity index (χ1v) is 12.9. The van der Waals surface area contributed by atoms with Crippen LogP contribution in [-0.2, 0) is 4.79 Å². The number of amides is 2. The Morgan fingerprint density at radius 2 is 1.94 bits per heavy atom. The number of benzene rings is 1. The number of methoxy groups -OCH3 is 1. The van der Waals surface area contributed by atoms with Crippen LogP contribution in [0.15, 0.2) is 41.6 Å². The number of rotatable bonds is 11. The molecule has 1 aliphatic carbocycles. The van der Waals surface area contributed by atoms with Crippen LogP contribution in [-0.4, -0.2) is 57.8 Å². The van der Waals surface area contributed by atoms with Crippen LogP contribution in [0.25, 0.3) is 11.4 Å². The monoisotopic (exact) mass is 527 g/mol. The topological polar surface area (TPSA) is 131 Å². The first-order chi connectivity index (χ1) is 17.5. The van der Waals surface area contributed by atoms with Crippen LogP contribution < -0.4 is 20.7 Å². The third-order valence-corrected chi connectivity index (χ3v) is 6.64. The Labute approximate surface area is 218 Å². The molecule has 3 N–H and O–H groups in total.